The van der Waals surface area contributed by atoms with Crippen molar-refractivity contribution < 1.29 is 19.1 Å². The molecule has 0 saturated carbocycles. The lowest BCUT2D eigenvalue weighted by atomic mass is 10.1. The number of para-hydroxylation sites is 1. The zero-order valence-electron chi connectivity index (χ0n) is 16.0. The van der Waals surface area contributed by atoms with E-state index in [0.29, 0.717) is 12.2 Å². The summed E-state index contributed by atoms with van der Waals surface area (Å²) < 4.78 is 5.49. The Kier molecular flexibility index (Phi) is 11.3. The molecule has 150 valence electrons. The maximum atomic E-state index is 12.3. The van der Waals surface area contributed by atoms with Crippen molar-refractivity contribution in [3.63, 3.8) is 0 Å². The summed E-state index contributed by atoms with van der Waals surface area (Å²) in [6.45, 7) is 2.67. The minimum atomic E-state index is -0.956. The second-order valence-corrected chi connectivity index (χ2v) is 6.41. The molecule has 0 aliphatic heterocycles. The number of hydrogen-bond donors (Lipinski definition) is 3. The van der Waals surface area contributed by atoms with Gasteiger partial charge in [-0.1, -0.05) is 50.8 Å². The number of amides is 3. The van der Waals surface area contributed by atoms with Gasteiger partial charge in [-0.2, -0.15) is 0 Å². The Hall–Kier alpha value is -2.57. The molecule has 1 rings (SSSR count). The van der Waals surface area contributed by atoms with Crippen LogP contribution in [-0.2, 0) is 14.4 Å². The molecule has 0 aliphatic rings. The Labute approximate surface area is 161 Å². The Bertz CT molecular complexity index is 578. The van der Waals surface area contributed by atoms with Crippen LogP contribution >= 0.6 is 0 Å². The number of nitrogens with two attached hydrogens (primary N) is 1. The molecule has 7 nitrogen and oxygen atoms in total. The molecule has 27 heavy (non-hydrogen) atoms. The Morgan fingerprint density at radius 2 is 1.78 bits per heavy atom. The quantitative estimate of drug-likeness (QED) is 0.430. The molecule has 0 aromatic heterocycles. The molecule has 4 N–H and O–H groups in total. The molecule has 0 saturated heterocycles. The third-order valence-corrected chi connectivity index (χ3v) is 3.98. The molecule has 1 atom stereocenters. The third kappa shape index (κ3) is 10.9. The summed E-state index contributed by atoms with van der Waals surface area (Å²) in [5, 5.41) is 5.27. The fourth-order valence-electron chi connectivity index (χ4n) is 2.55. The van der Waals surface area contributed by atoms with Crippen molar-refractivity contribution in [1.82, 2.24) is 10.6 Å². The summed E-state index contributed by atoms with van der Waals surface area (Å²) in [6.07, 6.45) is 5.24. The fraction of sp³-hybridized carbons (Fsp3) is 0.550. The molecular formula is C20H31N3O4. The maximum absolute atomic E-state index is 12.3. The van der Waals surface area contributed by atoms with Gasteiger partial charge in [-0.15, -0.1) is 0 Å². The number of hydrogen-bond acceptors (Lipinski definition) is 4. The van der Waals surface area contributed by atoms with E-state index in [1.807, 2.05) is 30.3 Å². The second kappa shape index (κ2) is 13.6. The van der Waals surface area contributed by atoms with Gasteiger partial charge < -0.3 is 21.1 Å². The number of benzene rings is 1. The summed E-state index contributed by atoms with van der Waals surface area (Å²) in [5.41, 5.74) is 5.20. The van der Waals surface area contributed by atoms with Crippen molar-refractivity contribution in [2.75, 3.05) is 13.2 Å². The number of carbonyl (C=O) groups is 3. The van der Waals surface area contributed by atoms with E-state index in [4.69, 9.17) is 10.5 Å². The predicted octanol–water partition coefficient (Wildman–Crippen LogP) is 1.90. The van der Waals surface area contributed by atoms with Crippen LogP contribution < -0.4 is 21.1 Å². The zero-order valence-corrected chi connectivity index (χ0v) is 16.0. The fourth-order valence-corrected chi connectivity index (χ4v) is 2.55. The lowest BCUT2D eigenvalue weighted by Gasteiger charge is -2.17. The first-order valence-electron chi connectivity index (χ1n) is 9.56. The molecule has 0 fully saturated rings. The van der Waals surface area contributed by atoms with Gasteiger partial charge in [0.25, 0.3) is 0 Å². The van der Waals surface area contributed by atoms with Crippen LogP contribution in [0.5, 0.6) is 5.75 Å². The summed E-state index contributed by atoms with van der Waals surface area (Å²) in [5.74, 6) is -0.617. The molecule has 0 radical (unpaired) electrons. The van der Waals surface area contributed by atoms with E-state index < -0.39 is 17.9 Å². The van der Waals surface area contributed by atoms with Crippen molar-refractivity contribution in [3.05, 3.63) is 30.3 Å². The van der Waals surface area contributed by atoms with Crippen LogP contribution in [-0.4, -0.2) is 36.9 Å². The van der Waals surface area contributed by atoms with Gasteiger partial charge >= 0.3 is 0 Å². The molecule has 3 amide bonds. The predicted molar refractivity (Wildman–Crippen MR) is 104 cm³/mol. The normalized spacial score (nSPS) is 11.4. The number of ether oxygens (including phenoxy) is 1. The number of primary amides is 1. The van der Waals surface area contributed by atoms with Gasteiger partial charge in [0.1, 0.15) is 18.4 Å². The van der Waals surface area contributed by atoms with Crippen LogP contribution in [0.15, 0.2) is 30.3 Å². The van der Waals surface area contributed by atoms with Gasteiger partial charge in [0.2, 0.25) is 17.7 Å². The largest absolute Gasteiger partial charge is 0.492 e. The number of unbranched alkanes of at least 4 members (excludes halogenated alkanes) is 4. The molecule has 0 aliphatic carbocycles. The molecule has 0 bridgehead atoms. The zero-order chi connectivity index (χ0) is 19.9. The van der Waals surface area contributed by atoms with Crippen LogP contribution in [0.1, 0.15) is 51.9 Å². The molecule has 1 aromatic carbocycles. The maximum Gasteiger partial charge on any atom is 0.243 e. The average molecular weight is 377 g/mol. The summed E-state index contributed by atoms with van der Waals surface area (Å²) in [7, 11) is 0. The summed E-state index contributed by atoms with van der Waals surface area (Å²) >= 11 is 0. The molecule has 0 spiro atoms. The van der Waals surface area contributed by atoms with Crippen LogP contribution in [0.2, 0.25) is 0 Å². The van der Waals surface area contributed by atoms with Crippen LogP contribution in [0.4, 0.5) is 0 Å². The Balaban J connectivity index is 2.34. The highest BCUT2D eigenvalue weighted by Gasteiger charge is 2.22. The van der Waals surface area contributed by atoms with E-state index in [-0.39, 0.29) is 25.5 Å². The third-order valence-electron chi connectivity index (χ3n) is 3.98. The van der Waals surface area contributed by atoms with Crippen molar-refractivity contribution >= 4 is 17.7 Å². The first kappa shape index (κ1) is 22.5. The standard InChI is InChI=1S/C20H31N3O4/c1-2-3-4-5-9-12-19(25)23-17(15-18(21)24)20(26)22-13-14-27-16-10-7-6-8-11-16/h6-8,10-11,17H,2-5,9,12-15H2,1H3,(H2,21,24)(H,22,26)(H,23,25)/t17-/m1/s1. The van der Waals surface area contributed by atoms with Gasteiger partial charge in [0, 0.05) is 6.42 Å². The number of nitrogens with one attached hydrogen (secondary N) is 2. The van der Waals surface area contributed by atoms with Crippen molar-refractivity contribution in [2.24, 2.45) is 5.73 Å². The lowest BCUT2D eigenvalue weighted by molar-refractivity contribution is -0.131. The van der Waals surface area contributed by atoms with Gasteiger partial charge in [-0.05, 0) is 18.6 Å². The van der Waals surface area contributed by atoms with Crippen LogP contribution in [0.25, 0.3) is 0 Å². The van der Waals surface area contributed by atoms with Crippen LogP contribution in [0.3, 0.4) is 0 Å². The number of carbonyl (C=O) groups excluding carboxylic acids is 3. The van der Waals surface area contributed by atoms with Crippen molar-refractivity contribution in [2.45, 2.75) is 57.9 Å². The SMILES string of the molecule is CCCCCCCC(=O)N[C@H](CC(N)=O)C(=O)NCCOc1ccccc1. The minimum absolute atomic E-state index is 0.229. The highest BCUT2D eigenvalue weighted by atomic mass is 16.5. The molecule has 0 unspecified atom stereocenters. The average Bonchev–Trinajstić information content (AvgIpc) is 2.65. The lowest BCUT2D eigenvalue weighted by Crippen LogP contribution is -2.49. The second-order valence-electron chi connectivity index (χ2n) is 6.41. The van der Waals surface area contributed by atoms with Gasteiger partial charge in [0.15, 0.2) is 0 Å². The highest BCUT2D eigenvalue weighted by molar-refractivity contribution is 5.91. The number of rotatable bonds is 14. The van der Waals surface area contributed by atoms with Gasteiger partial charge in [-0.25, -0.2) is 0 Å². The van der Waals surface area contributed by atoms with E-state index in [0.717, 1.165) is 32.1 Å². The Morgan fingerprint density at radius 1 is 1.07 bits per heavy atom. The van der Waals surface area contributed by atoms with Crippen molar-refractivity contribution in [1.29, 1.82) is 0 Å². The van der Waals surface area contributed by atoms with Crippen molar-refractivity contribution in [3.8, 4) is 5.75 Å². The van der Waals surface area contributed by atoms with E-state index >= 15 is 0 Å². The molecule has 1 aromatic rings. The first-order valence-corrected chi connectivity index (χ1v) is 9.56. The smallest absolute Gasteiger partial charge is 0.243 e. The molecule has 7 heteroatoms. The van der Waals surface area contributed by atoms with E-state index in [2.05, 4.69) is 17.6 Å². The van der Waals surface area contributed by atoms with Gasteiger partial charge in [-0.3, -0.25) is 14.4 Å². The van der Waals surface area contributed by atoms with E-state index in [9.17, 15) is 14.4 Å². The molecule has 0 heterocycles. The Morgan fingerprint density at radius 3 is 2.44 bits per heavy atom. The highest BCUT2D eigenvalue weighted by Crippen LogP contribution is 2.07. The summed E-state index contributed by atoms with van der Waals surface area (Å²) in [4.78, 5) is 35.5. The van der Waals surface area contributed by atoms with E-state index in [1.165, 1.54) is 0 Å². The summed E-state index contributed by atoms with van der Waals surface area (Å²) in [6, 6.07) is 8.28. The topological polar surface area (TPSA) is 111 Å². The molecular weight excluding hydrogens is 346 g/mol. The van der Waals surface area contributed by atoms with Gasteiger partial charge in [0.05, 0.1) is 13.0 Å². The monoisotopic (exact) mass is 377 g/mol. The van der Waals surface area contributed by atoms with Crippen LogP contribution in [0, 0.1) is 0 Å². The minimum Gasteiger partial charge on any atom is -0.492 e. The van der Waals surface area contributed by atoms with E-state index in [1.54, 1.807) is 0 Å². The first-order chi connectivity index (χ1) is 13.0.